The average molecular weight is 469 g/mol. The topological polar surface area (TPSA) is 71.3 Å². The first-order valence-electron chi connectivity index (χ1n) is 10.2. The summed E-state index contributed by atoms with van der Waals surface area (Å²) in [6.45, 7) is 5.60. The fourth-order valence-electron chi connectivity index (χ4n) is 3.63. The summed E-state index contributed by atoms with van der Waals surface area (Å²) in [5.74, 6) is 1.68. The Morgan fingerprint density at radius 3 is 2.60 bits per heavy atom. The van der Waals surface area contributed by atoms with Gasteiger partial charge in [-0.15, -0.1) is 0 Å². The Kier molecular flexibility index (Phi) is 6.18. The monoisotopic (exact) mass is 468 g/mol. The summed E-state index contributed by atoms with van der Waals surface area (Å²) >= 11 is 3.43. The second-order valence-electron chi connectivity index (χ2n) is 7.96. The number of anilines is 1. The molecule has 2 aromatic carbocycles. The zero-order valence-electron chi connectivity index (χ0n) is 17.1. The number of rotatable bonds is 4. The molecule has 2 amide bonds. The molecule has 2 heterocycles. The van der Waals surface area contributed by atoms with Crippen LogP contribution in [-0.2, 0) is 0 Å². The van der Waals surface area contributed by atoms with Crippen molar-refractivity contribution < 1.29 is 9.32 Å². The van der Waals surface area contributed by atoms with E-state index in [1.807, 2.05) is 41.3 Å². The van der Waals surface area contributed by atoms with Crippen molar-refractivity contribution in [2.75, 3.05) is 18.4 Å². The number of hydrogen-bond acceptors (Lipinski definition) is 4. The van der Waals surface area contributed by atoms with E-state index in [4.69, 9.17) is 4.52 Å². The van der Waals surface area contributed by atoms with Gasteiger partial charge >= 0.3 is 6.03 Å². The lowest BCUT2D eigenvalue weighted by atomic mass is 9.98. The smallest absolute Gasteiger partial charge is 0.321 e. The summed E-state index contributed by atoms with van der Waals surface area (Å²) in [7, 11) is 0. The fraction of sp³-hybridized carbons (Fsp3) is 0.348. The van der Waals surface area contributed by atoms with Gasteiger partial charge in [-0.25, -0.2) is 4.79 Å². The predicted molar refractivity (Wildman–Crippen MR) is 121 cm³/mol. The van der Waals surface area contributed by atoms with Crippen molar-refractivity contribution in [3.05, 3.63) is 64.5 Å². The Balaban J connectivity index is 1.40. The Bertz CT molecular complexity index is 999. The van der Waals surface area contributed by atoms with Gasteiger partial charge < -0.3 is 14.7 Å². The molecule has 0 spiro atoms. The lowest BCUT2D eigenvalue weighted by Gasteiger charge is -2.31. The minimum Gasteiger partial charge on any atom is -0.339 e. The van der Waals surface area contributed by atoms with Crippen molar-refractivity contribution >= 4 is 27.6 Å². The number of hydrogen-bond donors (Lipinski definition) is 1. The van der Waals surface area contributed by atoms with E-state index in [0.29, 0.717) is 24.2 Å². The lowest BCUT2D eigenvalue weighted by Crippen LogP contribution is -2.41. The number of benzene rings is 2. The number of carbonyl (C=O) groups excluding carboxylic acids is 1. The predicted octanol–water partition coefficient (Wildman–Crippen LogP) is 6.03. The van der Waals surface area contributed by atoms with Crippen molar-refractivity contribution in [3.8, 4) is 11.4 Å². The van der Waals surface area contributed by atoms with Crippen LogP contribution in [0.5, 0.6) is 0 Å². The van der Waals surface area contributed by atoms with Crippen LogP contribution < -0.4 is 5.32 Å². The molecule has 156 valence electrons. The van der Waals surface area contributed by atoms with Crippen molar-refractivity contribution in [1.82, 2.24) is 15.0 Å². The number of nitrogens with one attached hydrogen (secondary N) is 1. The summed E-state index contributed by atoms with van der Waals surface area (Å²) in [6, 6.07) is 15.7. The van der Waals surface area contributed by atoms with Gasteiger partial charge in [0.1, 0.15) is 0 Å². The van der Waals surface area contributed by atoms with E-state index in [1.54, 1.807) is 0 Å². The summed E-state index contributed by atoms with van der Waals surface area (Å²) in [6.07, 6.45) is 1.83. The highest BCUT2D eigenvalue weighted by molar-refractivity contribution is 9.10. The third-order valence-corrected chi connectivity index (χ3v) is 5.96. The first kappa shape index (κ1) is 20.6. The van der Waals surface area contributed by atoms with Gasteiger partial charge in [-0.3, -0.25) is 0 Å². The van der Waals surface area contributed by atoms with Crippen molar-refractivity contribution in [1.29, 1.82) is 0 Å². The normalized spacial score (nSPS) is 16.7. The van der Waals surface area contributed by atoms with Gasteiger partial charge in [0.2, 0.25) is 11.7 Å². The molecule has 1 unspecified atom stereocenters. The maximum Gasteiger partial charge on any atom is 0.321 e. The van der Waals surface area contributed by atoms with E-state index in [9.17, 15) is 4.79 Å². The van der Waals surface area contributed by atoms with Crippen molar-refractivity contribution in [3.63, 3.8) is 0 Å². The van der Waals surface area contributed by atoms with Gasteiger partial charge in [-0.05, 0) is 60.7 Å². The maximum absolute atomic E-state index is 12.8. The van der Waals surface area contributed by atoms with Gasteiger partial charge in [0, 0.05) is 28.8 Å². The molecule has 0 bridgehead atoms. The molecule has 1 atom stereocenters. The molecule has 3 aromatic rings. The van der Waals surface area contributed by atoms with E-state index < -0.39 is 0 Å². The van der Waals surface area contributed by atoms with E-state index in [0.717, 1.165) is 35.1 Å². The molecular weight excluding hydrogens is 444 g/mol. The number of aromatic nitrogens is 2. The van der Waals surface area contributed by atoms with Crippen molar-refractivity contribution in [2.24, 2.45) is 0 Å². The third kappa shape index (κ3) is 4.73. The Labute approximate surface area is 184 Å². The number of piperidine rings is 1. The van der Waals surface area contributed by atoms with Crippen LogP contribution in [-0.4, -0.2) is 34.2 Å². The van der Waals surface area contributed by atoms with Crippen LogP contribution >= 0.6 is 15.9 Å². The number of urea groups is 1. The maximum atomic E-state index is 12.8. The van der Waals surface area contributed by atoms with E-state index in [2.05, 4.69) is 57.4 Å². The van der Waals surface area contributed by atoms with E-state index >= 15 is 0 Å². The summed E-state index contributed by atoms with van der Waals surface area (Å²) < 4.78 is 6.54. The minimum atomic E-state index is -0.0929. The van der Waals surface area contributed by atoms with Gasteiger partial charge in [0.15, 0.2) is 0 Å². The second kappa shape index (κ2) is 9.00. The van der Waals surface area contributed by atoms with Crippen LogP contribution in [0.15, 0.2) is 57.5 Å². The fourth-order valence-corrected chi connectivity index (χ4v) is 3.90. The van der Waals surface area contributed by atoms with Crippen LogP contribution in [0.25, 0.3) is 11.4 Å². The summed E-state index contributed by atoms with van der Waals surface area (Å²) in [5.41, 5.74) is 2.97. The highest BCUT2D eigenvalue weighted by Gasteiger charge is 2.28. The van der Waals surface area contributed by atoms with E-state index in [-0.39, 0.29) is 11.9 Å². The Hall–Kier alpha value is -2.67. The van der Waals surface area contributed by atoms with Gasteiger partial charge in [-0.2, -0.15) is 4.98 Å². The molecule has 1 N–H and O–H groups in total. The average Bonchev–Trinajstić information content (AvgIpc) is 3.25. The highest BCUT2D eigenvalue weighted by atomic mass is 79.9. The first-order chi connectivity index (χ1) is 14.5. The van der Waals surface area contributed by atoms with Gasteiger partial charge in [0.25, 0.3) is 0 Å². The molecule has 0 radical (unpaired) electrons. The van der Waals surface area contributed by atoms with Crippen LogP contribution in [0.3, 0.4) is 0 Å². The minimum absolute atomic E-state index is 0.0458. The molecule has 1 aliphatic rings. The molecule has 4 rings (SSSR count). The molecule has 1 fully saturated rings. The molecule has 1 aromatic heterocycles. The van der Waals surface area contributed by atoms with Gasteiger partial charge in [0.05, 0.1) is 5.92 Å². The Morgan fingerprint density at radius 2 is 1.90 bits per heavy atom. The molecule has 7 heteroatoms. The van der Waals surface area contributed by atoms with Crippen molar-refractivity contribution in [2.45, 2.75) is 38.5 Å². The largest absolute Gasteiger partial charge is 0.339 e. The molecule has 30 heavy (non-hydrogen) atoms. The third-order valence-electron chi connectivity index (χ3n) is 5.43. The number of carbonyl (C=O) groups is 1. The first-order valence-corrected chi connectivity index (χ1v) is 11.0. The molecular formula is C23H25BrN4O2. The lowest BCUT2D eigenvalue weighted by molar-refractivity contribution is 0.184. The van der Waals surface area contributed by atoms with Crippen LogP contribution in [0.1, 0.15) is 50.0 Å². The van der Waals surface area contributed by atoms with E-state index in [1.165, 1.54) is 5.56 Å². The Morgan fingerprint density at radius 1 is 1.17 bits per heavy atom. The number of nitrogens with zero attached hydrogens (tertiary/aromatic N) is 3. The molecule has 1 aliphatic heterocycles. The summed E-state index contributed by atoms with van der Waals surface area (Å²) in [4.78, 5) is 19.2. The number of amides is 2. The van der Waals surface area contributed by atoms with Gasteiger partial charge in [-0.1, -0.05) is 47.1 Å². The SMILES string of the molecule is CC(C)c1ccc(NC(=O)N2CCCC(c3nc(-c4ccc(Br)cc4)no3)C2)cc1. The zero-order chi connectivity index (χ0) is 21.1. The second-order valence-corrected chi connectivity index (χ2v) is 8.87. The molecule has 0 saturated carbocycles. The van der Waals surface area contributed by atoms with Crippen LogP contribution in [0, 0.1) is 0 Å². The van der Waals surface area contributed by atoms with Crippen LogP contribution in [0.2, 0.25) is 0 Å². The molecule has 6 nitrogen and oxygen atoms in total. The molecule has 0 aliphatic carbocycles. The standard InChI is InChI=1S/C23H25BrN4O2/c1-15(2)16-7-11-20(12-8-16)25-23(29)28-13-3-4-18(14-28)22-26-21(27-30-22)17-5-9-19(24)10-6-17/h5-12,15,18H,3-4,13-14H2,1-2H3,(H,25,29). The number of likely N-dealkylation sites (tertiary alicyclic amines) is 1. The van der Waals surface area contributed by atoms with Crippen LogP contribution in [0.4, 0.5) is 10.5 Å². The quantitative estimate of drug-likeness (QED) is 0.506. The number of halogens is 1. The zero-order valence-corrected chi connectivity index (χ0v) is 18.7. The highest BCUT2D eigenvalue weighted by Crippen LogP contribution is 2.28. The summed E-state index contributed by atoms with van der Waals surface area (Å²) in [5, 5.41) is 7.13. The molecule has 1 saturated heterocycles.